The molecule has 1 heterocycles. The van der Waals surface area contributed by atoms with E-state index >= 15 is 0 Å². The average Bonchev–Trinajstić information content (AvgIpc) is 2.55. The quantitative estimate of drug-likeness (QED) is 0.884. The minimum atomic E-state index is -0.602. The molecule has 24 heavy (non-hydrogen) atoms. The molecule has 1 aromatic carbocycles. The minimum absolute atomic E-state index is 0.147. The Hall–Kier alpha value is -2.08. The molecule has 132 valence electrons. The Kier molecular flexibility index (Phi) is 5.83. The van der Waals surface area contributed by atoms with Gasteiger partial charge in [-0.1, -0.05) is 32.9 Å². The maximum atomic E-state index is 12.4. The van der Waals surface area contributed by atoms with Crippen LogP contribution in [-0.2, 0) is 14.3 Å². The van der Waals surface area contributed by atoms with Crippen molar-refractivity contribution >= 4 is 23.2 Å². The van der Waals surface area contributed by atoms with Crippen LogP contribution in [0.1, 0.15) is 27.7 Å². The summed E-state index contributed by atoms with van der Waals surface area (Å²) in [5.41, 5.74) is 1.20. The Morgan fingerprint density at radius 1 is 1.17 bits per heavy atom. The smallest absolute Gasteiger partial charge is 0.246 e. The van der Waals surface area contributed by atoms with Crippen LogP contribution in [0.15, 0.2) is 24.3 Å². The van der Waals surface area contributed by atoms with Crippen molar-refractivity contribution in [2.45, 2.75) is 33.7 Å². The van der Waals surface area contributed by atoms with Gasteiger partial charge < -0.3 is 20.3 Å². The van der Waals surface area contributed by atoms with Crippen LogP contribution < -0.4 is 15.5 Å². The van der Waals surface area contributed by atoms with Crippen LogP contribution in [-0.4, -0.2) is 44.2 Å². The van der Waals surface area contributed by atoms with Gasteiger partial charge in [-0.2, -0.15) is 0 Å². The van der Waals surface area contributed by atoms with Crippen molar-refractivity contribution < 1.29 is 14.3 Å². The summed E-state index contributed by atoms with van der Waals surface area (Å²) >= 11 is 0. The number of morpholine rings is 1. The first-order chi connectivity index (χ1) is 11.3. The molecule has 0 radical (unpaired) electrons. The summed E-state index contributed by atoms with van der Waals surface area (Å²) in [7, 11) is 0. The predicted octanol–water partition coefficient (Wildman–Crippen LogP) is 2.01. The predicted molar refractivity (Wildman–Crippen MR) is 95.2 cm³/mol. The van der Waals surface area contributed by atoms with Crippen LogP contribution in [0.25, 0.3) is 0 Å². The van der Waals surface area contributed by atoms with Gasteiger partial charge in [0.15, 0.2) is 0 Å². The highest BCUT2D eigenvalue weighted by molar-refractivity contribution is 5.99. The van der Waals surface area contributed by atoms with Gasteiger partial charge in [0.2, 0.25) is 11.8 Å². The molecule has 1 fully saturated rings. The number of benzene rings is 1. The number of nitrogens with zero attached hydrogens (tertiary/aromatic N) is 1. The van der Waals surface area contributed by atoms with E-state index in [1.807, 2.05) is 45.0 Å². The molecule has 1 aromatic rings. The molecule has 6 heteroatoms. The van der Waals surface area contributed by atoms with E-state index in [0.717, 1.165) is 24.5 Å². The Morgan fingerprint density at radius 2 is 1.79 bits per heavy atom. The van der Waals surface area contributed by atoms with Crippen LogP contribution in [0.5, 0.6) is 0 Å². The number of rotatable bonds is 4. The van der Waals surface area contributed by atoms with E-state index in [4.69, 9.17) is 4.74 Å². The van der Waals surface area contributed by atoms with Gasteiger partial charge in [0.25, 0.3) is 0 Å². The Morgan fingerprint density at radius 3 is 2.42 bits per heavy atom. The third-order valence-electron chi connectivity index (χ3n) is 3.94. The Bertz CT molecular complexity index is 589. The molecule has 1 aliphatic rings. The largest absolute Gasteiger partial charge is 0.378 e. The fourth-order valence-electron chi connectivity index (χ4n) is 2.38. The maximum absolute atomic E-state index is 12.4. The minimum Gasteiger partial charge on any atom is -0.378 e. The SMILES string of the molecule is CC(NC(=O)C(C)(C)C)C(=O)Nc1ccccc1N1CCOCC1. The van der Waals surface area contributed by atoms with Gasteiger partial charge in [-0.15, -0.1) is 0 Å². The molecule has 2 amide bonds. The van der Waals surface area contributed by atoms with Crippen LogP contribution in [0.4, 0.5) is 11.4 Å². The molecule has 1 saturated heterocycles. The second-order valence-corrected chi connectivity index (χ2v) is 7.05. The number of amides is 2. The summed E-state index contributed by atoms with van der Waals surface area (Å²) in [6.45, 7) is 10.1. The first-order valence-electron chi connectivity index (χ1n) is 8.32. The molecule has 2 rings (SSSR count). The average molecular weight is 333 g/mol. The number of carbonyl (C=O) groups is 2. The molecule has 6 nitrogen and oxygen atoms in total. The maximum Gasteiger partial charge on any atom is 0.246 e. The zero-order valence-electron chi connectivity index (χ0n) is 14.9. The molecule has 2 N–H and O–H groups in total. The van der Waals surface area contributed by atoms with Gasteiger partial charge in [-0.3, -0.25) is 9.59 Å². The molecule has 0 spiro atoms. The van der Waals surface area contributed by atoms with E-state index in [-0.39, 0.29) is 11.8 Å². The molecular formula is C18H27N3O3. The van der Waals surface area contributed by atoms with Crippen molar-refractivity contribution in [3.8, 4) is 0 Å². The van der Waals surface area contributed by atoms with Crippen molar-refractivity contribution in [1.29, 1.82) is 0 Å². The van der Waals surface area contributed by atoms with Gasteiger partial charge in [-0.05, 0) is 19.1 Å². The Balaban J connectivity index is 2.05. The third kappa shape index (κ3) is 4.71. The first-order valence-corrected chi connectivity index (χ1v) is 8.32. The van der Waals surface area contributed by atoms with Crippen molar-refractivity contribution in [2.24, 2.45) is 5.41 Å². The fourth-order valence-corrected chi connectivity index (χ4v) is 2.38. The summed E-state index contributed by atoms with van der Waals surface area (Å²) < 4.78 is 5.38. The van der Waals surface area contributed by atoms with Gasteiger partial charge in [0.1, 0.15) is 6.04 Å². The normalized spacial score (nSPS) is 16.4. The summed E-state index contributed by atoms with van der Waals surface area (Å²) in [6, 6.07) is 7.10. The van der Waals surface area contributed by atoms with E-state index in [9.17, 15) is 9.59 Å². The van der Waals surface area contributed by atoms with Crippen LogP contribution >= 0.6 is 0 Å². The molecular weight excluding hydrogens is 306 g/mol. The summed E-state index contributed by atoms with van der Waals surface area (Å²) in [6.07, 6.45) is 0. The van der Waals surface area contributed by atoms with Crippen molar-refractivity contribution in [2.75, 3.05) is 36.5 Å². The highest BCUT2D eigenvalue weighted by Gasteiger charge is 2.25. The van der Waals surface area contributed by atoms with Crippen molar-refractivity contribution in [3.05, 3.63) is 24.3 Å². The lowest BCUT2D eigenvalue weighted by Gasteiger charge is -2.30. The highest BCUT2D eigenvalue weighted by Crippen LogP contribution is 2.26. The molecule has 0 saturated carbocycles. The number of hydrogen-bond donors (Lipinski definition) is 2. The fraction of sp³-hybridized carbons (Fsp3) is 0.556. The molecule has 1 unspecified atom stereocenters. The van der Waals surface area contributed by atoms with E-state index < -0.39 is 11.5 Å². The number of para-hydroxylation sites is 2. The molecule has 0 bridgehead atoms. The number of hydrogen-bond acceptors (Lipinski definition) is 4. The standard InChI is InChI=1S/C18H27N3O3/c1-13(19-17(23)18(2,3)4)16(22)20-14-7-5-6-8-15(14)21-9-11-24-12-10-21/h5-8,13H,9-12H2,1-4H3,(H,19,23)(H,20,22). The molecule has 0 aliphatic carbocycles. The summed E-state index contributed by atoms with van der Waals surface area (Å²) in [5, 5.41) is 5.68. The lowest BCUT2D eigenvalue weighted by molar-refractivity contribution is -0.131. The van der Waals surface area contributed by atoms with E-state index in [1.165, 1.54) is 0 Å². The van der Waals surface area contributed by atoms with E-state index in [1.54, 1.807) is 6.92 Å². The molecule has 0 aromatic heterocycles. The second kappa shape index (κ2) is 7.66. The number of anilines is 2. The number of carbonyl (C=O) groups excluding carboxylic acids is 2. The molecule has 1 aliphatic heterocycles. The monoisotopic (exact) mass is 333 g/mol. The van der Waals surface area contributed by atoms with E-state index in [2.05, 4.69) is 15.5 Å². The first kappa shape index (κ1) is 18.3. The van der Waals surface area contributed by atoms with Gasteiger partial charge in [0.05, 0.1) is 24.6 Å². The van der Waals surface area contributed by atoms with Gasteiger partial charge >= 0.3 is 0 Å². The summed E-state index contributed by atoms with van der Waals surface area (Å²) in [4.78, 5) is 26.7. The topological polar surface area (TPSA) is 70.7 Å². The van der Waals surface area contributed by atoms with Crippen molar-refractivity contribution in [1.82, 2.24) is 5.32 Å². The lowest BCUT2D eigenvalue weighted by Crippen LogP contribution is -2.46. The van der Waals surface area contributed by atoms with Crippen molar-refractivity contribution in [3.63, 3.8) is 0 Å². The van der Waals surface area contributed by atoms with Gasteiger partial charge in [-0.25, -0.2) is 0 Å². The Labute approximate surface area is 143 Å². The second-order valence-electron chi connectivity index (χ2n) is 7.05. The van der Waals surface area contributed by atoms with E-state index in [0.29, 0.717) is 13.2 Å². The van der Waals surface area contributed by atoms with Crippen LogP contribution in [0.3, 0.4) is 0 Å². The van der Waals surface area contributed by atoms with Gasteiger partial charge in [0, 0.05) is 18.5 Å². The van der Waals surface area contributed by atoms with Crippen LogP contribution in [0.2, 0.25) is 0 Å². The lowest BCUT2D eigenvalue weighted by atomic mass is 9.95. The highest BCUT2D eigenvalue weighted by atomic mass is 16.5. The number of nitrogens with one attached hydrogen (secondary N) is 2. The zero-order chi connectivity index (χ0) is 17.7. The number of ether oxygens (including phenoxy) is 1. The molecule has 1 atom stereocenters. The van der Waals surface area contributed by atoms with Crippen LogP contribution in [0, 0.1) is 5.41 Å². The summed E-state index contributed by atoms with van der Waals surface area (Å²) in [5.74, 6) is -0.375. The zero-order valence-corrected chi connectivity index (χ0v) is 14.9. The third-order valence-corrected chi connectivity index (χ3v) is 3.94.